The summed E-state index contributed by atoms with van der Waals surface area (Å²) in [5, 5.41) is 26.6. The highest BCUT2D eigenvalue weighted by molar-refractivity contribution is 7.27. The van der Waals surface area contributed by atoms with E-state index >= 15 is 0 Å². The van der Waals surface area contributed by atoms with Crippen LogP contribution in [0, 0.1) is 0 Å². The van der Waals surface area contributed by atoms with E-state index in [2.05, 4.69) is 262 Å². The van der Waals surface area contributed by atoms with Crippen molar-refractivity contribution in [2.75, 3.05) is 0 Å². The number of para-hydroxylation sites is 7. The Hall–Kier alpha value is -13.6. The van der Waals surface area contributed by atoms with Gasteiger partial charge in [-0.2, -0.15) is 0 Å². The maximum absolute atomic E-state index is 5.17. The van der Waals surface area contributed by atoms with Gasteiger partial charge in [0.1, 0.15) is 16.6 Å². The van der Waals surface area contributed by atoms with Gasteiger partial charge in [-0.1, -0.05) is 206 Å². The van der Waals surface area contributed by atoms with E-state index in [4.69, 9.17) is 29.9 Å². The van der Waals surface area contributed by atoms with Crippen LogP contribution in [0.5, 0.6) is 0 Å². The topological polar surface area (TPSA) is 90.6 Å². The van der Waals surface area contributed by atoms with Crippen molar-refractivity contribution in [2.24, 2.45) is 0 Å². The van der Waals surface area contributed by atoms with Crippen LogP contribution in [0.4, 0.5) is 0 Å². The normalized spacial score (nSPS) is 12.6. The van der Waals surface area contributed by atoms with Gasteiger partial charge in [-0.05, 0) is 134 Å². The lowest BCUT2D eigenvalue weighted by atomic mass is 9.99. The molecule has 28 aromatic rings. The monoisotopic (exact) mass is 1420 g/mol. The summed E-state index contributed by atoms with van der Waals surface area (Å²) in [6, 6.07) is 107. The van der Waals surface area contributed by atoms with Crippen LogP contribution in [0.25, 0.3) is 252 Å². The van der Waals surface area contributed by atoms with Gasteiger partial charge in [-0.15, -0.1) is 34.0 Å². The number of hydrogen-bond acceptors (Lipinski definition) is 9. The minimum absolute atomic E-state index is 0.924. The number of hydrogen-bond donors (Lipinski definition) is 0. The second-order valence-electron chi connectivity index (χ2n) is 28.7. The van der Waals surface area contributed by atoms with Crippen molar-refractivity contribution in [3.63, 3.8) is 0 Å². The summed E-state index contributed by atoms with van der Waals surface area (Å²) in [6.07, 6.45) is 0. The van der Waals surface area contributed by atoms with Crippen LogP contribution in [0.1, 0.15) is 0 Å². The Balaban J connectivity index is 0.0000000914. The van der Waals surface area contributed by atoms with E-state index in [0.29, 0.717) is 0 Å². The zero-order chi connectivity index (χ0) is 69.9. The van der Waals surface area contributed by atoms with E-state index in [-0.39, 0.29) is 0 Å². The Bertz CT molecular complexity index is 8860. The smallest absolute Gasteiger partial charge is 0.165 e. The van der Waals surface area contributed by atoms with Crippen molar-refractivity contribution in [1.82, 2.24) is 43.1 Å². The van der Waals surface area contributed by atoms with Crippen LogP contribution in [0.3, 0.4) is 0 Å². The number of rotatable bonds is 1. The SMILES string of the molecule is c1ccc2c(c1)cc1c3nc4ccccc4nc3n3c4c(ccc5c6ccccc6sc54)c2c13.c1ccc2c(c1)cc1c3nc4ccccc4nc3n3c4cc5sc6ccccc6c5cc4c2c13.c1ccc2cc(-c3ccc4sc5c(ccc6c7cccc8c9nc%10ccccc%10nc9n(c78)c65)c4c3)ccc2c1. The summed E-state index contributed by atoms with van der Waals surface area (Å²) in [5.41, 5.74) is 21.1. The Morgan fingerprint density at radius 3 is 1.27 bits per heavy atom. The number of thiophene rings is 3. The maximum Gasteiger partial charge on any atom is 0.165 e. The summed E-state index contributed by atoms with van der Waals surface area (Å²) < 4.78 is 15.0. The molecule has 0 saturated carbocycles. The highest BCUT2D eigenvalue weighted by Crippen LogP contribution is 2.51. The molecule has 0 aliphatic heterocycles. The first kappa shape index (κ1) is 57.7. The molecule has 0 bridgehead atoms. The predicted molar refractivity (Wildman–Crippen MR) is 459 cm³/mol. The van der Waals surface area contributed by atoms with Gasteiger partial charge in [-0.25, -0.2) is 29.9 Å². The molecule has 9 nitrogen and oxygen atoms in total. The number of nitrogens with zero attached hydrogens (tertiary/aromatic N) is 9. The Morgan fingerprint density at radius 1 is 0.204 bits per heavy atom. The van der Waals surface area contributed by atoms with E-state index in [0.717, 1.165) is 72.0 Å². The predicted octanol–water partition coefficient (Wildman–Crippen LogP) is 26.6. The first-order chi connectivity index (χ1) is 53.5. The molecule has 0 amide bonds. The lowest BCUT2D eigenvalue weighted by Gasteiger charge is -2.05. The highest BCUT2D eigenvalue weighted by Gasteiger charge is 2.28. The molecular formula is C96H49N9S3. The number of fused-ring (bicyclic) bond motifs is 37. The first-order valence-corrected chi connectivity index (χ1v) is 38.8. The summed E-state index contributed by atoms with van der Waals surface area (Å²) in [6.45, 7) is 0. The minimum atomic E-state index is 0.924. The molecule has 0 saturated heterocycles. The summed E-state index contributed by atoms with van der Waals surface area (Å²) in [7, 11) is 0. The van der Waals surface area contributed by atoms with Gasteiger partial charge in [-0.3, -0.25) is 13.2 Å². The lowest BCUT2D eigenvalue weighted by Crippen LogP contribution is -1.89. The van der Waals surface area contributed by atoms with E-state index in [9.17, 15) is 0 Å². The fraction of sp³-hybridized carbons (Fsp3) is 0. The van der Waals surface area contributed by atoms with Crippen LogP contribution in [-0.2, 0) is 0 Å². The molecule has 16 aromatic carbocycles. The van der Waals surface area contributed by atoms with Crippen molar-refractivity contribution in [1.29, 1.82) is 0 Å². The number of aromatic nitrogens is 9. The van der Waals surface area contributed by atoms with Crippen LogP contribution in [-0.4, -0.2) is 43.1 Å². The van der Waals surface area contributed by atoms with Gasteiger partial charge in [0.25, 0.3) is 0 Å². The van der Waals surface area contributed by atoms with Gasteiger partial charge >= 0.3 is 0 Å². The lowest BCUT2D eigenvalue weighted by molar-refractivity contribution is 1.28. The zero-order valence-corrected chi connectivity index (χ0v) is 59.5. The molecule has 12 aromatic heterocycles. The largest absolute Gasteiger partial charge is 0.291 e. The molecule has 28 rings (SSSR count). The second-order valence-corrected chi connectivity index (χ2v) is 31.9. The summed E-state index contributed by atoms with van der Waals surface area (Å²) in [4.78, 5) is 30.8. The molecule has 12 heteroatoms. The summed E-state index contributed by atoms with van der Waals surface area (Å²) >= 11 is 5.61. The fourth-order valence-electron chi connectivity index (χ4n) is 18.4. The zero-order valence-electron chi connectivity index (χ0n) is 57.0. The molecule has 496 valence electrons. The van der Waals surface area contributed by atoms with E-state index in [1.54, 1.807) is 0 Å². The highest BCUT2D eigenvalue weighted by atomic mass is 32.1. The molecule has 0 N–H and O–H groups in total. The molecule has 108 heavy (non-hydrogen) atoms. The van der Waals surface area contributed by atoms with Crippen LogP contribution < -0.4 is 0 Å². The van der Waals surface area contributed by atoms with Gasteiger partial charge in [0, 0.05) is 99.6 Å². The van der Waals surface area contributed by atoms with Gasteiger partial charge in [0.2, 0.25) is 0 Å². The molecule has 0 atom stereocenters. The Labute approximate surface area is 621 Å². The molecule has 0 spiro atoms. The van der Waals surface area contributed by atoms with Crippen molar-refractivity contribution >= 4 is 275 Å². The van der Waals surface area contributed by atoms with Gasteiger partial charge in [0.15, 0.2) is 16.9 Å². The van der Waals surface area contributed by atoms with Crippen LogP contribution >= 0.6 is 34.0 Å². The maximum atomic E-state index is 5.17. The molecule has 0 fully saturated rings. The van der Waals surface area contributed by atoms with Crippen LogP contribution in [0.2, 0.25) is 0 Å². The molecule has 0 aliphatic rings. The fourth-order valence-corrected chi connectivity index (χ4v) is 21.9. The van der Waals surface area contributed by atoms with Crippen molar-refractivity contribution < 1.29 is 0 Å². The molecule has 0 unspecified atom stereocenters. The first-order valence-electron chi connectivity index (χ1n) is 36.4. The van der Waals surface area contributed by atoms with E-state index < -0.39 is 0 Å². The summed E-state index contributed by atoms with van der Waals surface area (Å²) in [5.74, 6) is 0. The Morgan fingerprint density at radius 2 is 0.620 bits per heavy atom. The minimum Gasteiger partial charge on any atom is -0.291 e. The van der Waals surface area contributed by atoms with Gasteiger partial charge in [0.05, 0.1) is 75.6 Å². The average Bonchev–Trinajstić information content (AvgIpc) is 1.52. The van der Waals surface area contributed by atoms with Crippen molar-refractivity contribution in [3.05, 3.63) is 297 Å². The number of benzene rings is 16. The third-order valence-corrected chi connectivity index (χ3v) is 26.6. The molecular weight excluding hydrogens is 1380 g/mol. The van der Waals surface area contributed by atoms with Crippen molar-refractivity contribution in [2.45, 2.75) is 0 Å². The second kappa shape index (κ2) is 21.1. The third-order valence-electron chi connectivity index (χ3n) is 23.0. The molecule has 0 aliphatic carbocycles. The quantitative estimate of drug-likeness (QED) is 0.163. The van der Waals surface area contributed by atoms with Crippen molar-refractivity contribution in [3.8, 4) is 11.1 Å². The van der Waals surface area contributed by atoms with Crippen LogP contribution in [0.15, 0.2) is 297 Å². The Kier molecular flexibility index (Phi) is 11.3. The molecule has 12 heterocycles. The van der Waals surface area contributed by atoms with E-state index in [1.807, 2.05) is 82.5 Å². The standard InChI is InChI=1S/C36H19N3S.2C30H15N3S/c1-2-7-21-18-22(13-12-20(21)6-1)23-14-17-31-28(19-23)26-16-15-25-24-8-5-9-27-32-36(38-30-11-4-3-10-29(30)37-32)39(33(24)27)34(25)35(26)40-31;1-2-8-17-16(7-1)13-21-28-30(32-23-11-5-4-10-22(23)31-28)33-24-15-26-19(14-20(24)27(17)29(21)33)18-9-3-6-12-25(18)34-26;1-2-8-17-16(7-1)15-21-26-30(32-23-11-5-4-10-22(23)31-26)33-27(21)25(17)20-14-13-19-18-9-3-6-12-24(18)34-29(19)28(20)33/h1-19H;2*1-15H. The van der Waals surface area contributed by atoms with Gasteiger partial charge < -0.3 is 0 Å². The van der Waals surface area contributed by atoms with E-state index in [1.165, 1.54) is 180 Å². The average molecular weight is 1420 g/mol. The third kappa shape index (κ3) is 7.71. The molecule has 0 radical (unpaired) electrons.